The van der Waals surface area contributed by atoms with Gasteiger partial charge in [-0.1, -0.05) is 42.5 Å². The van der Waals surface area contributed by atoms with Crippen LogP contribution in [0.5, 0.6) is 0 Å². The SMILES string of the molecule is Cc1cc(N(C)C)ccc1C=CC(=O)c1ccccc1. The Kier molecular flexibility index (Phi) is 4.36. The summed E-state index contributed by atoms with van der Waals surface area (Å²) in [5, 5.41) is 0. The van der Waals surface area contributed by atoms with Crippen molar-refractivity contribution in [3.8, 4) is 0 Å². The summed E-state index contributed by atoms with van der Waals surface area (Å²) >= 11 is 0. The quantitative estimate of drug-likeness (QED) is 0.616. The van der Waals surface area contributed by atoms with Crippen molar-refractivity contribution in [1.82, 2.24) is 0 Å². The second kappa shape index (κ2) is 6.20. The first-order valence-corrected chi connectivity index (χ1v) is 6.63. The van der Waals surface area contributed by atoms with Gasteiger partial charge in [0.15, 0.2) is 5.78 Å². The first kappa shape index (κ1) is 14.1. The second-order valence-corrected chi connectivity index (χ2v) is 5.00. The minimum atomic E-state index is 0.0293. The lowest BCUT2D eigenvalue weighted by Crippen LogP contribution is -2.08. The van der Waals surface area contributed by atoms with E-state index in [0.29, 0.717) is 5.56 Å². The smallest absolute Gasteiger partial charge is 0.185 e. The van der Waals surface area contributed by atoms with Crippen molar-refractivity contribution in [1.29, 1.82) is 0 Å². The minimum Gasteiger partial charge on any atom is -0.378 e. The maximum Gasteiger partial charge on any atom is 0.185 e. The molecule has 0 saturated carbocycles. The highest BCUT2D eigenvalue weighted by molar-refractivity contribution is 6.06. The normalized spacial score (nSPS) is 10.8. The largest absolute Gasteiger partial charge is 0.378 e. The molecule has 0 N–H and O–H groups in total. The van der Waals surface area contributed by atoms with Crippen LogP contribution in [0.1, 0.15) is 21.5 Å². The van der Waals surface area contributed by atoms with Crippen molar-refractivity contribution < 1.29 is 4.79 Å². The molecule has 0 aliphatic rings. The van der Waals surface area contributed by atoms with Gasteiger partial charge in [-0.15, -0.1) is 0 Å². The molecule has 2 aromatic rings. The lowest BCUT2D eigenvalue weighted by atomic mass is 10.1. The second-order valence-electron chi connectivity index (χ2n) is 5.00. The van der Waals surface area contributed by atoms with E-state index in [1.54, 1.807) is 6.08 Å². The molecule has 0 aromatic heterocycles. The number of hydrogen-bond acceptors (Lipinski definition) is 2. The van der Waals surface area contributed by atoms with Gasteiger partial charge in [0, 0.05) is 25.3 Å². The standard InChI is InChI=1S/C18H19NO/c1-14-13-17(19(2)3)11-9-15(14)10-12-18(20)16-7-5-4-6-8-16/h4-13H,1-3H3. The molecule has 0 unspecified atom stereocenters. The first-order valence-electron chi connectivity index (χ1n) is 6.63. The van der Waals surface area contributed by atoms with Gasteiger partial charge >= 0.3 is 0 Å². The summed E-state index contributed by atoms with van der Waals surface area (Å²) in [4.78, 5) is 14.1. The van der Waals surface area contributed by atoms with Gasteiger partial charge in [0.25, 0.3) is 0 Å². The van der Waals surface area contributed by atoms with Crippen molar-refractivity contribution in [2.24, 2.45) is 0 Å². The maximum absolute atomic E-state index is 12.0. The van der Waals surface area contributed by atoms with Gasteiger partial charge in [0.1, 0.15) is 0 Å². The van der Waals surface area contributed by atoms with E-state index in [1.807, 2.05) is 56.6 Å². The predicted octanol–water partition coefficient (Wildman–Crippen LogP) is 3.96. The number of allylic oxidation sites excluding steroid dienone is 1. The fourth-order valence-corrected chi connectivity index (χ4v) is 1.99. The number of carbonyl (C=O) groups is 1. The van der Waals surface area contributed by atoms with Crippen molar-refractivity contribution in [3.63, 3.8) is 0 Å². The number of nitrogens with zero attached hydrogens (tertiary/aromatic N) is 1. The molecule has 0 radical (unpaired) electrons. The number of benzene rings is 2. The Bertz CT molecular complexity index is 627. The lowest BCUT2D eigenvalue weighted by molar-refractivity contribution is 0.104. The van der Waals surface area contributed by atoms with Crippen LogP contribution < -0.4 is 4.90 Å². The molecule has 2 rings (SSSR count). The van der Waals surface area contributed by atoms with E-state index in [1.165, 1.54) is 0 Å². The Morgan fingerprint density at radius 1 is 1.05 bits per heavy atom. The summed E-state index contributed by atoms with van der Waals surface area (Å²) in [5.41, 5.74) is 4.11. The zero-order valence-corrected chi connectivity index (χ0v) is 12.1. The third kappa shape index (κ3) is 3.35. The summed E-state index contributed by atoms with van der Waals surface area (Å²) < 4.78 is 0. The van der Waals surface area contributed by atoms with Crippen LogP contribution in [0.4, 0.5) is 5.69 Å². The van der Waals surface area contributed by atoms with Gasteiger partial charge in [0.05, 0.1) is 0 Å². The molecule has 0 atom stereocenters. The van der Waals surface area contributed by atoms with E-state index >= 15 is 0 Å². The fraction of sp³-hybridized carbons (Fsp3) is 0.167. The highest BCUT2D eigenvalue weighted by atomic mass is 16.1. The number of aryl methyl sites for hydroxylation is 1. The molecule has 102 valence electrons. The van der Waals surface area contributed by atoms with E-state index in [4.69, 9.17) is 0 Å². The summed E-state index contributed by atoms with van der Waals surface area (Å²) in [5.74, 6) is 0.0293. The first-order chi connectivity index (χ1) is 9.58. The lowest BCUT2D eigenvalue weighted by Gasteiger charge is -2.13. The molecule has 0 bridgehead atoms. The average molecular weight is 265 g/mol. The van der Waals surface area contributed by atoms with Gasteiger partial charge in [0.2, 0.25) is 0 Å². The molecule has 0 aliphatic heterocycles. The molecule has 0 saturated heterocycles. The Balaban J connectivity index is 2.18. The van der Waals surface area contributed by atoms with Crippen LogP contribution >= 0.6 is 0 Å². The molecule has 0 heterocycles. The van der Waals surface area contributed by atoms with Crippen LogP contribution in [0.2, 0.25) is 0 Å². The summed E-state index contributed by atoms with van der Waals surface area (Å²) in [6.45, 7) is 2.06. The molecule has 2 heteroatoms. The molecule has 20 heavy (non-hydrogen) atoms. The maximum atomic E-state index is 12.0. The van der Waals surface area contributed by atoms with Crippen LogP contribution in [-0.4, -0.2) is 19.9 Å². The van der Waals surface area contributed by atoms with Crippen molar-refractivity contribution in [2.45, 2.75) is 6.92 Å². The third-order valence-corrected chi connectivity index (χ3v) is 3.24. The molecule has 0 amide bonds. The number of carbonyl (C=O) groups excluding carboxylic acids is 1. The van der Waals surface area contributed by atoms with Crippen molar-refractivity contribution in [2.75, 3.05) is 19.0 Å². The van der Waals surface area contributed by atoms with Gasteiger partial charge in [-0.25, -0.2) is 0 Å². The fourth-order valence-electron chi connectivity index (χ4n) is 1.99. The highest BCUT2D eigenvalue weighted by Gasteiger charge is 2.02. The van der Waals surface area contributed by atoms with Crippen molar-refractivity contribution in [3.05, 3.63) is 71.3 Å². The van der Waals surface area contributed by atoms with Gasteiger partial charge in [-0.3, -0.25) is 4.79 Å². The number of ketones is 1. The Labute approximate surface area is 120 Å². The molecule has 0 spiro atoms. The van der Waals surface area contributed by atoms with Crippen LogP contribution in [0.3, 0.4) is 0 Å². The number of hydrogen-bond donors (Lipinski definition) is 0. The predicted molar refractivity (Wildman–Crippen MR) is 85.3 cm³/mol. The molecule has 2 aromatic carbocycles. The molecular formula is C18H19NO. The van der Waals surface area contributed by atoms with Crippen LogP contribution in [-0.2, 0) is 0 Å². The molecule has 0 aliphatic carbocycles. The Morgan fingerprint density at radius 3 is 2.35 bits per heavy atom. The Morgan fingerprint density at radius 2 is 1.75 bits per heavy atom. The monoisotopic (exact) mass is 265 g/mol. The van der Waals surface area contributed by atoms with Crippen LogP contribution in [0.25, 0.3) is 6.08 Å². The summed E-state index contributed by atoms with van der Waals surface area (Å²) in [6, 6.07) is 15.5. The average Bonchev–Trinajstić information content (AvgIpc) is 2.46. The molecular weight excluding hydrogens is 246 g/mol. The van der Waals surface area contributed by atoms with E-state index in [0.717, 1.165) is 16.8 Å². The van der Waals surface area contributed by atoms with Gasteiger partial charge < -0.3 is 4.90 Å². The van der Waals surface area contributed by atoms with E-state index in [2.05, 4.69) is 24.0 Å². The zero-order valence-electron chi connectivity index (χ0n) is 12.1. The van der Waals surface area contributed by atoms with Gasteiger partial charge in [-0.05, 0) is 36.3 Å². The third-order valence-electron chi connectivity index (χ3n) is 3.24. The van der Waals surface area contributed by atoms with Gasteiger partial charge in [-0.2, -0.15) is 0 Å². The Hall–Kier alpha value is -2.35. The van der Waals surface area contributed by atoms with E-state index in [9.17, 15) is 4.79 Å². The van der Waals surface area contributed by atoms with Crippen LogP contribution in [0, 0.1) is 6.92 Å². The molecule has 0 fully saturated rings. The topological polar surface area (TPSA) is 20.3 Å². The van der Waals surface area contributed by atoms with Crippen molar-refractivity contribution >= 4 is 17.5 Å². The number of rotatable bonds is 4. The van der Waals surface area contributed by atoms with E-state index in [-0.39, 0.29) is 5.78 Å². The highest BCUT2D eigenvalue weighted by Crippen LogP contribution is 2.18. The van der Waals surface area contributed by atoms with Crippen LogP contribution in [0.15, 0.2) is 54.6 Å². The summed E-state index contributed by atoms with van der Waals surface area (Å²) in [6.07, 6.45) is 3.51. The molecule has 2 nitrogen and oxygen atoms in total. The minimum absolute atomic E-state index is 0.0293. The number of anilines is 1. The van der Waals surface area contributed by atoms with E-state index < -0.39 is 0 Å². The summed E-state index contributed by atoms with van der Waals surface area (Å²) in [7, 11) is 4.03. The zero-order chi connectivity index (χ0) is 14.5.